The minimum absolute atomic E-state index is 0.408. The van der Waals surface area contributed by atoms with Gasteiger partial charge in [0.2, 0.25) is 0 Å². The Labute approximate surface area is 73.3 Å². The minimum atomic E-state index is 0.408. The summed E-state index contributed by atoms with van der Waals surface area (Å²) in [5, 5.41) is 1.95. The van der Waals surface area contributed by atoms with Crippen LogP contribution < -0.4 is 5.43 Å². The summed E-state index contributed by atoms with van der Waals surface area (Å²) in [6.07, 6.45) is 2.63. The average molecular weight is 168 g/mol. The molecule has 0 aliphatic heterocycles. The van der Waals surface area contributed by atoms with Crippen molar-refractivity contribution in [3.63, 3.8) is 0 Å². The van der Waals surface area contributed by atoms with Gasteiger partial charge in [-0.3, -0.25) is 10.4 Å². The van der Waals surface area contributed by atoms with E-state index in [0.29, 0.717) is 6.04 Å². The molecule has 3 heteroatoms. The summed E-state index contributed by atoms with van der Waals surface area (Å²) in [6.45, 7) is 2.13. The molecule has 1 heterocycles. The van der Waals surface area contributed by atoms with E-state index < -0.39 is 0 Å². The molecular weight excluding hydrogens is 152 g/mol. The molecule has 1 N–H and O–H groups in total. The molecule has 0 saturated carbocycles. The van der Waals surface area contributed by atoms with Crippen molar-refractivity contribution in [2.45, 2.75) is 19.4 Å². The first kappa shape index (κ1) is 9.29. The van der Waals surface area contributed by atoms with Gasteiger partial charge in [0.05, 0.1) is 6.26 Å². The SMILES string of the molecule is CC(Cc1ccco1)NN(C)C. The van der Waals surface area contributed by atoms with Crippen molar-refractivity contribution in [2.24, 2.45) is 0 Å². The van der Waals surface area contributed by atoms with Gasteiger partial charge in [0.15, 0.2) is 0 Å². The van der Waals surface area contributed by atoms with Crippen LogP contribution in [0.2, 0.25) is 0 Å². The topological polar surface area (TPSA) is 28.4 Å². The summed E-state index contributed by atoms with van der Waals surface area (Å²) in [4.78, 5) is 0. The van der Waals surface area contributed by atoms with Crippen LogP contribution in [0.1, 0.15) is 12.7 Å². The highest BCUT2D eigenvalue weighted by Crippen LogP contribution is 2.03. The number of hydrazine groups is 1. The molecule has 0 fully saturated rings. The van der Waals surface area contributed by atoms with Gasteiger partial charge in [-0.05, 0) is 19.1 Å². The summed E-state index contributed by atoms with van der Waals surface area (Å²) in [7, 11) is 3.97. The van der Waals surface area contributed by atoms with Crippen molar-refractivity contribution in [1.82, 2.24) is 10.4 Å². The van der Waals surface area contributed by atoms with Crippen molar-refractivity contribution in [3.05, 3.63) is 24.2 Å². The molecule has 3 nitrogen and oxygen atoms in total. The first-order valence-electron chi connectivity index (χ1n) is 4.14. The van der Waals surface area contributed by atoms with Gasteiger partial charge in [-0.25, -0.2) is 0 Å². The Morgan fingerprint density at radius 2 is 2.33 bits per heavy atom. The highest BCUT2D eigenvalue weighted by atomic mass is 16.3. The van der Waals surface area contributed by atoms with Crippen LogP contribution in [0.5, 0.6) is 0 Å². The van der Waals surface area contributed by atoms with E-state index >= 15 is 0 Å². The van der Waals surface area contributed by atoms with Crippen molar-refractivity contribution in [3.8, 4) is 0 Å². The van der Waals surface area contributed by atoms with E-state index in [1.165, 1.54) is 0 Å². The molecule has 1 rings (SSSR count). The summed E-state index contributed by atoms with van der Waals surface area (Å²) in [5.74, 6) is 1.02. The van der Waals surface area contributed by atoms with Gasteiger partial charge < -0.3 is 4.42 Å². The first-order chi connectivity index (χ1) is 5.68. The molecule has 0 radical (unpaired) electrons. The Balaban J connectivity index is 2.32. The lowest BCUT2D eigenvalue weighted by Gasteiger charge is -2.17. The second kappa shape index (κ2) is 4.28. The maximum atomic E-state index is 5.23. The van der Waals surface area contributed by atoms with E-state index in [9.17, 15) is 0 Å². The van der Waals surface area contributed by atoms with Crippen LogP contribution in [0.15, 0.2) is 22.8 Å². The molecule has 1 unspecified atom stereocenters. The van der Waals surface area contributed by atoms with Crippen molar-refractivity contribution >= 4 is 0 Å². The highest BCUT2D eigenvalue weighted by molar-refractivity contribution is 4.99. The molecule has 0 aliphatic carbocycles. The van der Waals surface area contributed by atoms with Gasteiger partial charge in [-0.15, -0.1) is 0 Å². The molecular formula is C9H16N2O. The summed E-state index contributed by atoms with van der Waals surface area (Å²) < 4.78 is 5.23. The van der Waals surface area contributed by atoms with E-state index in [2.05, 4.69) is 12.3 Å². The van der Waals surface area contributed by atoms with E-state index in [1.54, 1.807) is 6.26 Å². The minimum Gasteiger partial charge on any atom is -0.469 e. The van der Waals surface area contributed by atoms with Gasteiger partial charge >= 0.3 is 0 Å². The van der Waals surface area contributed by atoms with Crippen LogP contribution in [0.25, 0.3) is 0 Å². The Hall–Kier alpha value is -0.800. The lowest BCUT2D eigenvalue weighted by atomic mass is 10.2. The summed E-state index contributed by atoms with van der Waals surface area (Å²) in [5.41, 5.74) is 3.25. The second-order valence-electron chi connectivity index (χ2n) is 3.21. The van der Waals surface area contributed by atoms with E-state index in [-0.39, 0.29) is 0 Å². The highest BCUT2D eigenvalue weighted by Gasteiger charge is 2.04. The third kappa shape index (κ3) is 3.07. The molecule has 0 spiro atoms. The molecule has 0 bridgehead atoms. The number of nitrogens with zero attached hydrogens (tertiary/aromatic N) is 1. The van der Waals surface area contributed by atoms with Crippen LogP contribution in [0.4, 0.5) is 0 Å². The van der Waals surface area contributed by atoms with Gasteiger partial charge in [-0.1, -0.05) is 0 Å². The van der Waals surface area contributed by atoms with Gasteiger partial charge in [-0.2, -0.15) is 0 Å². The van der Waals surface area contributed by atoms with Crippen molar-refractivity contribution in [2.75, 3.05) is 14.1 Å². The molecule has 0 aromatic carbocycles. The molecule has 1 aromatic rings. The number of hydrogen-bond donors (Lipinski definition) is 1. The zero-order valence-electron chi connectivity index (χ0n) is 7.87. The van der Waals surface area contributed by atoms with Crippen LogP contribution in [-0.2, 0) is 6.42 Å². The molecule has 1 aromatic heterocycles. The molecule has 1 atom stereocenters. The molecule has 12 heavy (non-hydrogen) atoms. The van der Waals surface area contributed by atoms with Gasteiger partial charge in [0.25, 0.3) is 0 Å². The van der Waals surface area contributed by atoms with Gasteiger partial charge in [0, 0.05) is 26.6 Å². The monoisotopic (exact) mass is 168 g/mol. The third-order valence-electron chi connectivity index (χ3n) is 1.57. The Morgan fingerprint density at radius 1 is 1.58 bits per heavy atom. The van der Waals surface area contributed by atoms with Crippen LogP contribution in [-0.4, -0.2) is 25.1 Å². The fraction of sp³-hybridized carbons (Fsp3) is 0.556. The average Bonchev–Trinajstić information content (AvgIpc) is 2.37. The Morgan fingerprint density at radius 3 is 2.83 bits per heavy atom. The molecule has 0 aliphatic rings. The van der Waals surface area contributed by atoms with E-state index in [4.69, 9.17) is 4.42 Å². The normalized spacial score (nSPS) is 13.7. The lowest BCUT2D eigenvalue weighted by molar-refractivity contribution is 0.244. The van der Waals surface area contributed by atoms with E-state index in [0.717, 1.165) is 12.2 Å². The fourth-order valence-corrected chi connectivity index (χ4v) is 1.22. The second-order valence-corrected chi connectivity index (χ2v) is 3.21. The number of nitrogens with one attached hydrogen (secondary N) is 1. The first-order valence-corrected chi connectivity index (χ1v) is 4.14. The van der Waals surface area contributed by atoms with Crippen LogP contribution >= 0.6 is 0 Å². The predicted octanol–water partition coefficient (Wildman–Crippen LogP) is 1.28. The standard InChI is InChI=1S/C9H16N2O/c1-8(10-11(2)3)7-9-5-4-6-12-9/h4-6,8,10H,7H2,1-3H3. The fourth-order valence-electron chi connectivity index (χ4n) is 1.22. The number of hydrogen-bond acceptors (Lipinski definition) is 3. The maximum absolute atomic E-state index is 5.23. The summed E-state index contributed by atoms with van der Waals surface area (Å²) >= 11 is 0. The predicted molar refractivity (Wildman–Crippen MR) is 48.7 cm³/mol. The maximum Gasteiger partial charge on any atom is 0.105 e. The van der Waals surface area contributed by atoms with Crippen molar-refractivity contribution < 1.29 is 4.42 Å². The molecule has 0 saturated heterocycles. The zero-order valence-corrected chi connectivity index (χ0v) is 7.87. The Kier molecular flexibility index (Phi) is 3.31. The largest absolute Gasteiger partial charge is 0.469 e. The smallest absolute Gasteiger partial charge is 0.105 e. The number of rotatable bonds is 4. The number of furan rings is 1. The quantitative estimate of drug-likeness (QED) is 0.686. The van der Waals surface area contributed by atoms with Crippen LogP contribution in [0, 0.1) is 0 Å². The summed E-state index contributed by atoms with van der Waals surface area (Å²) in [6, 6.07) is 4.32. The van der Waals surface area contributed by atoms with Crippen LogP contribution in [0.3, 0.4) is 0 Å². The van der Waals surface area contributed by atoms with Crippen molar-refractivity contribution in [1.29, 1.82) is 0 Å². The molecule has 68 valence electrons. The lowest BCUT2D eigenvalue weighted by Crippen LogP contribution is -2.39. The third-order valence-corrected chi connectivity index (χ3v) is 1.57. The van der Waals surface area contributed by atoms with Gasteiger partial charge in [0.1, 0.15) is 5.76 Å². The molecule has 0 amide bonds. The van der Waals surface area contributed by atoms with E-state index in [1.807, 2.05) is 31.2 Å². The zero-order chi connectivity index (χ0) is 8.97. The Bertz CT molecular complexity index is 206.